The van der Waals surface area contributed by atoms with Gasteiger partial charge < -0.3 is 14.2 Å². The summed E-state index contributed by atoms with van der Waals surface area (Å²) in [5, 5.41) is 0. The van der Waals surface area contributed by atoms with E-state index in [9.17, 15) is 14.4 Å². The van der Waals surface area contributed by atoms with Gasteiger partial charge in [0, 0.05) is 16.7 Å². The van der Waals surface area contributed by atoms with Gasteiger partial charge in [0.05, 0.1) is 0 Å². The van der Waals surface area contributed by atoms with Crippen molar-refractivity contribution in [3.05, 3.63) is 95.6 Å². The number of rotatable bonds is 9. The molecule has 0 aliphatic heterocycles. The van der Waals surface area contributed by atoms with Gasteiger partial charge in [0.1, 0.15) is 5.75 Å². The molecule has 3 rings (SSSR count). The van der Waals surface area contributed by atoms with Gasteiger partial charge >= 0.3 is 17.9 Å². The summed E-state index contributed by atoms with van der Waals surface area (Å²) < 4.78 is 16.4. The van der Waals surface area contributed by atoms with Gasteiger partial charge in [0.2, 0.25) is 0 Å². The molecule has 0 spiro atoms. The molecular formula is C33H36O6. The van der Waals surface area contributed by atoms with Gasteiger partial charge in [-0.25, -0.2) is 14.4 Å². The van der Waals surface area contributed by atoms with Crippen molar-refractivity contribution in [2.75, 3.05) is 0 Å². The summed E-state index contributed by atoms with van der Waals surface area (Å²) in [5.41, 5.74) is 4.79. The Bertz CT molecular complexity index is 1330. The summed E-state index contributed by atoms with van der Waals surface area (Å²) in [6.45, 7) is 17.8. The zero-order valence-electron chi connectivity index (χ0n) is 23.2. The summed E-state index contributed by atoms with van der Waals surface area (Å²) in [4.78, 5) is 36.7. The second-order valence-corrected chi connectivity index (χ2v) is 10.0. The average molecular weight is 529 g/mol. The first kappa shape index (κ1) is 29.4. The standard InChI is InChI=1S/C33H36O6/c1-8-23-9-11-24(12-10-23)30(25-13-16-27(17-14-25)37-31(34)20(2)3)26-15-18-28(38-32(35)21(4)5)29(19-26)39-33(36)22(6)7/h13-19,23H,2,4,6,8-12H2,1,3,5,7H3. The van der Waals surface area contributed by atoms with Gasteiger partial charge in [-0.15, -0.1) is 0 Å². The lowest BCUT2D eigenvalue weighted by atomic mass is 9.79. The molecule has 1 aliphatic rings. The highest BCUT2D eigenvalue weighted by Crippen LogP contribution is 2.41. The third-order valence-corrected chi connectivity index (χ3v) is 6.68. The molecule has 204 valence electrons. The molecule has 1 fully saturated rings. The highest BCUT2D eigenvalue weighted by atomic mass is 16.6. The van der Waals surface area contributed by atoms with Crippen molar-refractivity contribution in [2.45, 2.75) is 59.8 Å². The quantitative estimate of drug-likeness (QED) is 0.190. The van der Waals surface area contributed by atoms with Crippen LogP contribution in [0.3, 0.4) is 0 Å². The molecule has 0 atom stereocenters. The maximum atomic E-state index is 12.4. The van der Waals surface area contributed by atoms with Crippen molar-refractivity contribution < 1.29 is 28.6 Å². The van der Waals surface area contributed by atoms with Crippen molar-refractivity contribution in [3.8, 4) is 17.2 Å². The number of hydrogen-bond acceptors (Lipinski definition) is 6. The number of benzene rings is 2. The Morgan fingerprint density at radius 2 is 1.21 bits per heavy atom. The first-order valence-electron chi connectivity index (χ1n) is 13.1. The molecule has 1 saturated carbocycles. The number of allylic oxidation sites excluding steroid dienone is 1. The molecule has 0 bridgehead atoms. The van der Waals surface area contributed by atoms with Crippen LogP contribution in [0.5, 0.6) is 17.2 Å². The van der Waals surface area contributed by atoms with Crippen LogP contribution in [0.15, 0.2) is 84.5 Å². The first-order valence-corrected chi connectivity index (χ1v) is 13.1. The van der Waals surface area contributed by atoms with E-state index < -0.39 is 17.9 Å². The Morgan fingerprint density at radius 1 is 0.718 bits per heavy atom. The second-order valence-electron chi connectivity index (χ2n) is 10.0. The Balaban J connectivity index is 2.10. The molecule has 1 aliphatic carbocycles. The van der Waals surface area contributed by atoms with E-state index in [4.69, 9.17) is 14.2 Å². The van der Waals surface area contributed by atoms with E-state index in [0.29, 0.717) is 17.2 Å². The molecule has 6 heteroatoms. The Kier molecular flexibility index (Phi) is 9.83. The van der Waals surface area contributed by atoms with E-state index in [2.05, 4.69) is 26.7 Å². The lowest BCUT2D eigenvalue weighted by molar-refractivity contribution is -0.132. The molecule has 0 saturated heterocycles. The van der Waals surface area contributed by atoms with Gasteiger partial charge in [0.25, 0.3) is 0 Å². The van der Waals surface area contributed by atoms with E-state index in [-0.39, 0.29) is 22.6 Å². The maximum Gasteiger partial charge on any atom is 0.338 e. The monoisotopic (exact) mass is 528 g/mol. The van der Waals surface area contributed by atoms with Crippen molar-refractivity contribution in [3.63, 3.8) is 0 Å². The van der Waals surface area contributed by atoms with Crippen LogP contribution < -0.4 is 14.2 Å². The zero-order chi connectivity index (χ0) is 28.7. The second kappa shape index (κ2) is 13.1. The van der Waals surface area contributed by atoms with E-state index in [0.717, 1.165) is 48.8 Å². The summed E-state index contributed by atoms with van der Waals surface area (Å²) in [7, 11) is 0. The third-order valence-electron chi connectivity index (χ3n) is 6.68. The van der Waals surface area contributed by atoms with E-state index in [1.165, 1.54) is 5.57 Å². The van der Waals surface area contributed by atoms with Gasteiger partial charge in [-0.05, 0) is 93.3 Å². The van der Waals surface area contributed by atoms with Crippen LogP contribution >= 0.6 is 0 Å². The lowest BCUT2D eigenvalue weighted by Gasteiger charge is -2.26. The lowest BCUT2D eigenvalue weighted by Crippen LogP contribution is -2.13. The normalized spacial score (nSPS) is 14.7. The molecule has 2 aromatic carbocycles. The predicted molar refractivity (Wildman–Crippen MR) is 153 cm³/mol. The molecular weight excluding hydrogens is 492 g/mol. The Labute approximate surface area is 230 Å². The van der Waals surface area contributed by atoms with Crippen LogP contribution in [0.4, 0.5) is 0 Å². The first-order chi connectivity index (χ1) is 18.5. The average Bonchev–Trinajstić information content (AvgIpc) is 2.91. The largest absolute Gasteiger partial charge is 0.423 e. The number of carbonyl (C=O) groups excluding carboxylic acids is 3. The van der Waals surface area contributed by atoms with Crippen LogP contribution in [0, 0.1) is 5.92 Å². The van der Waals surface area contributed by atoms with Gasteiger partial charge in [-0.1, -0.05) is 56.9 Å². The number of esters is 3. The molecule has 6 nitrogen and oxygen atoms in total. The third kappa shape index (κ3) is 7.66. The van der Waals surface area contributed by atoms with Crippen LogP contribution in [0.1, 0.15) is 70.9 Å². The fourth-order valence-electron chi connectivity index (χ4n) is 4.34. The smallest absolute Gasteiger partial charge is 0.338 e. The minimum atomic E-state index is -0.624. The fourth-order valence-corrected chi connectivity index (χ4v) is 4.34. The molecule has 0 aromatic heterocycles. The van der Waals surface area contributed by atoms with Crippen molar-refractivity contribution in [1.29, 1.82) is 0 Å². The molecule has 0 unspecified atom stereocenters. The van der Waals surface area contributed by atoms with E-state index >= 15 is 0 Å². The fraction of sp³-hybridized carbons (Fsp3) is 0.303. The van der Waals surface area contributed by atoms with Crippen molar-refractivity contribution in [2.24, 2.45) is 5.92 Å². The van der Waals surface area contributed by atoms with Crippen molar-refractivity contribution >= 4 is 23.5 Å². The molecule has 0 amide bonds. The van der Waals surface area contributed by atoms with Crippen LogP contribution in [0.2, 0.25) is 0 Å². The van der Waals surface area contributed by atoms with Crippen molar-refractivity contribution in [1.82, 2.24) is 0 Å². The number of hydrogen-bond donors (Lipinski definition) is 0. The van der Waals surface area contributed by atoms with Crippen LogP contribution in [-0.2, 0) is 14.4 Å². The topological polar surface area (TPSA) is 78.9 Å². The highest BCUT2D eigenvalue weighted by molar-refractivity contribution is 5.92. The number of ether oxygens (including phenoxy) is 3. The molecule has 0 N–H and O–H groups in total. The maximum absolute atomic E-state index is 12.4. The zero-order valence-corrected chi connectivity index (χ0v) is 23.2. The predicted octanol–water partition coefficient (Wildman–Crippen LogP) is 7.53. The van der Waals surface area contributed by atoms with Crippen LogP contribution in [-0.4, -0.2) is 17.9 Å². The molecule has 2 aromatic rings. The molecule has 0 heterocycles. The summed E-state index contributed by atoms with van der Waals surface area (Å²) >= 11 is 0. The summed E-state index contributed by atoms with van der Waals surface area (Å²) in [5.74, 6) is -0.389. The van der Waals surface area contributed by atoms with E-state index in [1.807, 2.05) is 18.2 Å². The summed E-state index contributed by atoms with van der Waals surface area (Å²) in [6, 6.07) is 12.5. The van der Waals surface area contributed by atoms with Gasteiger partial charge in [-0.2, -0.15) is 0 Å². The highest BCUT2D eigenvalue weighted by Gasteiger charge is 2.22. The van der Waals surface area contributed by atoms with E-state index in [1.54, 1.807) is 45.0 Å². The minimum absolute atomic E-state index is 0.113. The molecule has 39 heavy (non-hydrogen) atoms. The van der Waals surface area contributed by atoms with Gasteiger partial charge in [0.15, 0.2) is 11.5 Å². The van der Waals surface area contributed by atoms with Crippen LogP contribution in [0.25, 0.3) is 5.57 Å². The summed E-state index contributed by atoms with van der Waals surface area (Å²) in [6.07, 6.45) is 5.21. The Hall–Kier alpha value is -4.19. The molecule has 0 radical (unpaired) electrons. The minimum Gasteiger partial charge on any atom is -0.423 e. The SMILES string of the molecule is C=C(C)C(=O)Oc1ccc(C(=C2CCC(CC)CC2)c2ccc(OC(=O)C(=C)C)c(OC(=O)C(=C)C)c2)cc1. The number of carbonyl (C=O) groups is 3. The Morgan fingerprint density at radius 3 is 1.72 bits per heavy atom. The van der Waals surface area contributed by atoms with Gasteiger partial charge in [-0.3, -0.25) is 0 Å².